The Morgan fingerprint density at radius 2 is 2.27 bits per heavy atom. The molecule has 1 aromatic heterocycles. The van der Waals surface area contributed by atoms with E-state index in [1.54, 1.807) is 29.2 Å². The van der Waals surface area contributed by atoms with Crippen molar-refractivity contribution in [2.75, 3.05) is 18.9 Å². The second-order valence-corrected chi connectivity index (χ2v) is 7.40. The van der Waals surface area contributed by atoms with E-state index in [-0.39, 0.29) is 18.3 Å². The molecular weight excluding hydrogens is 389 g/mol. The number of halogens is 2. The number of ether oxygens (including phenoxy) is 1. The summed E-state index contributed by atoms with van der Waals surface area (Å²) in [6, 6.07) is 8.58. The molecule has 1 heterocycles. The minimum Gasteiger partial charge on any atom is -0.481 e. The van der Waals surface area contributed by atoms with Gasteiger partial charge in [0, 0.05) is 27.4 Å². The third kappa shape index (κ3) is 5.98. The van der Waals surface area contributed by atoms with E-state index in [2.05, 4.69) is 32.7 Å². The minimum atomic E-state index is -0.492. The highest BCUT2D eigenvalue weighted by molar-refractivity contribution is 9.10. The van der Waals surface area contributed by atoms with Crippen LogP contribution in [0.25, 0.3) is 0 Å². The average molecular weight is 404 g/mol. The zero-order valence-corrected chi connectivity index (χ0v) is 14.9. The van der Waals surface area contributed by atoms with Gasteiger partial charge in [0.1, 0.15) is 0 Å². The molecule has 0 saturated carbocycles. The normalized spacial score (nSPS) is 10.5. The summed E-state index contributed by atoms with van der Waals surface area (Å²) in [6.07, 6.45) is 0. The Labute approximate surface area is 145 Å². The van der Waals surface area contributed by atoms with Gasteiger partial charge >= 0.3 is 0 Å². The molecule has 3 nitrogen and oxygen atoms in total. The Kier molecular flexibility index (Phi) is 7.21. The maximum Gasteiger partial charge on any atom is 0.257 e. The van der Waals surface area contributed by atoms with Crippen LogP contribution in [0.4, 0.5) is 4.39 Å². The van der Waals surface area contributed by atoms with E-state index >= 15 is 0 Å². The van der Waals surface area contributed by atoms with E-state index < -0.39 is 5.82 Å². The smallest absolute Gasteiger partial charge is 0.257 e. The molecule has 22 heavy (non-hydrogen) atoms. The van der Waals surface area contributed by atoms with Gasteiger partial charge in [-0.15, -0.1) is 11.3 Å². The summed E-state index contributed by atoms with van der Waals surface area (Å²) >= 11 is 6.65. The van der Waals surface area contributed by atoms with Crippen molar-refractivity contribution in [3.8, 4) is 5.75 Å². The van der Waals surface area contributed by atoms with Gasteiger partial charge in [-0.05, 0) is 29.6 Å². The third-order valence-corrected chi connectivity index (χ3v) is 5.21. The molecule has 118 valence electrons. The number of amides is 1. The maximum atomic E-state index is 13.5. The number of hydrogen-bond donors (Lipinski definition) is 1. The van der Waals surface area contributed by atoms with Crippen molar-refractivity contribution >= 4 is 44.9 Å². The fourth-order valence-electron chi connectivity index (χ4n) is 1.62. The number of rotatable bonds is 8. The number of nitrogens with one attached hydrogen (secondary N) is 1. The van der Waals surface area contributed by atoms with Crippen LogP contribution in [-0.4, -0.2) is 24.8 Å². The lowest BCUT2D eigenvalue weighted by Crippen LogP contribution is -2.30. The van der Waals surface area contributed by atoms with Gasteiger partial charge in [0.05, 0.1) is 0 Å². The highest BCUT2D eigenvalue weighted by atomic mass is 79.9. The molecule has 0 bridgehead atoms. The highest BCUT2D eigenvalue weighted by Gasteiger charge is 2.07. The lowest BCUT2D eigenvalue weighted by molar-refractivity contribution is -0.123. The zero-order valence-electron chi connectivity index (χ0n) is 11.7. The van der Waals surface area contributed by atoms with Crippen LogP contribution in [0.1, 0.15) is 4.88 Å². The monoisotopic (exact) mass is 403 g/mol. The van der Waals surface area contributed by atoms with E-state index in [1.165, 1.54) is 17.0 Å². The maximum absolute atomic E-state index is 13.5. The summed E-state index contributed by atoms with van der Waals surface area (Å²) < 4.78 is 19.3. The second kappa shape index (κ2) is 9.17. The molecule has 2 aromatic rings. The molecule has 1 N–H and O–H groups in total. The molecule has 0 saturated heterocycles. The van der Waals surface area contributed by atoms with Gasteiger partial charge in [0.2, 0.25) is 0 Å². The first kappa shape index (κ1) is 17.3. The second-order valence-electron chi connectivity index (χ2n) is 4.35. The van der Waals surface area contributed by atoms with Crippen LogP contribution in [0.3, 0.4) is 0 Å². The van der Waals surface area contributed by atoms with Crippen LogP contribution in [-0.2, 0) is 10.5 Å². The number of carbonyl (C=O) groups is 1. The van der Waals surface area contributed by atoms with Crippen LogP contribution >= 0.6 is 39.0 Å². The highest BCUT2D eigenvalue weighted by Crippen LogP contribution is 2.21. The van der Waals surface area contributed by atoms with Crippen LogP contribution in [0.15, 0.2) is 40.2 Å². The standard InChI is InChI=1S/C15H15BrFNO2S2/c16-11-3-4-14(13(17)8-11)20-9-15(19)18-5-7-21-10-12-2-1-6-22-12/h1-4,6,8H,5,7,9-10H2,(H,18,19). The number of benzene rings is 1. The largest absolute Gasteiger partial charge is 0.481 e. The summed E-state index contributed by atoms with van der Waals surface area (Å²) in [5.41, 5.74) is 0. The molecule has 0 aliphatic rings. The molecule has 2 rings (SSSR count). The quantitative estimate of drug-likeness (QED) is 0.674. The van der Waals surface area contributed by atoms with Crippen molar-refractivity contribution in [1.82, 2.24) is 5.32 Å². The molecule has 1 aromatic carbocycles. The molecule has 0 aliphatic heterocycles. The number of carbonyl (C=O) groups excluding carboxylic acids is 1. The molecule has 0 radical (unpaired) electrons. The SMILES string of the molecule is O=C(COc1ccc(Br)cc1F)NCCSCc1cccs1. The lowest BCUT2D eigenvalue weighted by atomic mass is 10.3. The Hall–Kier alpha value is -1.05. The van der Waals surface area contributed by atoms with Crippen molar-refractivity contribution in [1.29, 1.82) is 0 Å². The molecule has 1 amide bonds. The fraction of sp³-hybridized carbons (Fsp3) is 0.267. The van der Waals surface area contributed by atoms with Gasteiger partial charge in [0.25, 0.3) is 5.91 Å². The first-order valence-corrected chi connectivity index (χ1v) is 9.42. The first-order chi connectivity index (χ1) is 10.6. The Bertz CT molecular complexity index is 608. The van der Waals surface area contributed by atoms with Gasteiger partial charge in [0.15, 0.2) is 18.2 Å². The Morgan fingerprint density at radius 1 is 1.41 bits per heavy atom. The predicted molar refractivity (Wildman–Crippen MR) is 93.1 cm³/mol. The van der Waals surface area contributed by atoms with Crippen molar-refractivity contribution in [2.24, 2.45) is 0 Å². The fourth-order valence-corrected chi connectivity index (χ4v) is 3.65. The third-order valence-electron chi connectivity index (χ3n) is 2.65. The van der Waals surface area contributed by atoms with Gasteiger partial charge in [-0.1, -0.05) is 22.0 Å². The van der Waals surface area contributed by atoms with Crippen LogP contribution in [0.2, 0.25) is 0 Å². The molecule has 0 fully saturated rings. The van der Waals surface area contributed by atoms with Crippen molar-refractivity contribution in [3.05, 3.63) is 50.9 Å². The van der Waals surface area contributed by atoms with E-state index in [0.29, 0.717) is 11.0 Å². The van der Waals surface area contributed by atoms with Crippen LogP contribution in [0.5, 0.6) is 5.75 Å². The number of hydrogen-bond acceptors (Lipinski definition) is 4. The van der Waals surface area contributed by atoms with Crippen molar-refractivity contribution in [2.45, 2.75) is 5.75 Å². The molecular formula is C15H15BrFNO2S2. The van der Waals surface area contributed by atoms with Gasteiger partial charge in [-0.25, -0.2) is 4.39 Å². The van der Waals surface area contributed by atoms with Crippen LogP contribution < -0.4 is 10.1 Å². The number of thioether (sulfide) groups is 1. The summed E-state index contributed by atoms with van der Waals surface area (Å²) in [5.74, 6) is 1.11. The Morgan fingerprint density at radius 3 is 3.00 bits per heavy atom. The lowest BCUT2D eigenvalue weighted by Gasteiger charge is -2.08. The Balaban J connectivity index is 1.59. The molecule has 0 aliphatic carbocycles. The number of thiophene rings is 1. The summed E-state index contributed by atoms with van der Waals surface area (Å²) in [4.78, 5) is 12.9. The molecule has 0 unspecified atom stereocenters. The topological polar surface area (TPSA) is 38.3 Å². The van der Waals surface area contributed by atoms with E-state index in [4.69, 9.17) is 4.74 Å². The molecule has 7 heteroatoms. The molecule has 0 spiro atoms. The van der Waals surface area contributed by atoms with E-state index in [1.807, 2.05) is 6.07 Å². The zero-order chi connectivity index (χ0) is 15.8. The van der Waals surface area contributed by atoms with Gasteiger partial charge in [-0.3, -0.25) is 4.79 Å². The summed E-state index contributed by atoms with van der Waals surface area (Å²) in [5, 5.41) is 4.80. The predicted octanol–water partition coefficient (Wildman–Crippen LogP) is 4.08. The van der Waals surface area contributed by atoms with Crippen molar-refractivity contribution < 1.29 is 13.9 Å². The first-order valence-electron chi connectivity index (χ1n) is 6.60. The van der Waals surface area contributed by atoms with Crippen molar-refractivity contribution in [3.63, 3.8) is 0 Å². The van der Waals surface area contributed by atoms with E-state index in [0.717, 1.165) is 11.5 Å². The summed E-state index contributed by atoms with van der Waals surface area (Å²) in [6.45, 7) is 0.384. The molecule has 0 atom stereocenters. The van der Waals surface area contributed by atoms with E-state index in [9.17, 15) is 9.18 Å². The summed E-state index contributed by atoms with van der Waals surface area (Å²) in [7, 11) is 0. The minimum absolute atomic E-state index is 0.0745. The van der Waals surface area contributed by atoms with Crippen LogP contribution in [0, 0.1) is 5.82 Å². The van der Waals surface area contributed by atoms with Gasteiger partial charge in [-0.2, -0.15) is 11.8 Å². The average Bonchev–Trinajstić information content (AvgIpc) is 2.99. The van der Waals surface area contributed by atoms with Gasteiger partial charge < -0.3 is 10.1 Å².